The van der Waals surface area contributed by atoms with Crippen molar-refractivity contribution in [2.75, 3.05) is 6.61 Å². The molecule has 2 aromatic rings. The van der Waals surface area contributed by atoms with Crippen molar-refractivity contribution in [2.24, 2.45) is 5.92 Å². The average molecular weight is 337 g/mol. The minimum absolute atomic E-state index is 0.244. The summed E-state index contributed by atoms with van der Waals surface area (Å²) in [5, 5.41) is 17.8. The molecule has 0 aliphatic rings. The highest BCUT2D eigenvalue weighted by Gasteiger charge is 2.13. The molecular weight excluding hydrogens is 314 g/mol. The Balaban J connectivity index is 1.78. The van der Waals surface area contributed by atoms with Crippen LogP contribution in [0, 0.1) is 17.2 Å². The average Bonchev–Trinajstić information content (AvgIpc) is 2.65. The van der Waals surface area contributed by atoms with E-state index in [1.54, 1.807) is 12.1 Å². The maximum atomic E-state index is 11.0. The van der Waals surface area contributed by atoms with E-state index in [1.165, 1.54) is 0 Å². The van der Waals surface area contributed by atoms with Gasteiger partial charge in [0.15, 0.2) is 0 Å². The molecule has 25 heavy (non-hydrogen) atoms. The van der Waals surface area contributed by atoms with E-state index >= 15 is 0 Å². The van der Waals surface area contributed by atoms with E-state index in [-0.39, 0.29) is 5.92 Å². The molecular formula is C21H23NO3. The Labute approximate surface area is 148 Å². The van der Waals surface area contributed by atoms with E-state index < -0.39 is 5.97 Å². The lowest BCUT2D eigenvalue weighted by atomic mass is 10.00. The number of nitrogens with zero attached hydrogens (tertiary/aromatic N) is 1. The second-order valence-electron chi connectivity index (χ2n) is 6.00. The molecule has 4 heteroatoms. The summed E-state index contributed by atoms with van der Waals surface area (Å²) in [5.41, 5.74) is 2.78. The maximum absolute atomic E-state index is 11.0. The smallest absolute Gasteiger partial charge is 0.306 e. The fourth-order valence-electron chi connectivity index (χ4n) is 2.67. The zero-order valence-corrected chi connectivity index (χ0v) is 14.4. The van der Waals surface area contributed by atoms with Gasteiger partial charge in [-0.3, -0.25) is 4.79 Å². The predicted molar refractivity (Wildman–Crippen MR) is 97.4 cm³/mol. The van der Waals surface area contributed by atoms with Crippen molar-refractivity contribution >= 4 is 5.97 Å². The molecule has 4 nitrogen and oxygen atoms in total. The third kappa shape index (κ3) is 5.65. The monoisotopic (exact) mass is 337 g/mol. The van der Waals surface area contributed by atoms with Crippen molar-refractivity contribution in [3.05, 3.63) is 54.1 Å². The third-order valence-corrected chi connectivity index (χ3v) is 4.26. The minimum Gasteiger partial charge on any atom is -0.494 e. The van der Waals surface area contributed by atoms with Gasteiger partial charge in [-0.1, -0.05) is 31.2 Å². The standard InChI is InChI=1S/C21H23NO3/c1-2-17(21(23)24)5-3-4-14-25-20-12-10-19(11-13-20)18-8-6-16(15-22)7-9-18/h6-13,17H,2-5,14H2,1H3,(H,23,24). The summed E-state index contributed by atoms with van der Waals surface area (Å²) in [7, 11) is 0. The number of hydrogen-bond donors (Lipinski definition) is 1. The molecule has 0 fully saturated rings. The predicted octanol–water partition coefficient (Wildman–Crippen LogP) is 4.89. The van der Waals surface area contributed by atoms with Gasteiger partial charge in [0.05, 0.1) is 24.2 Å². The van der Waals surface area contributed by atoms with Crippen LogP contribution in [0.3, 0.4) is 0 Å². The number of benzene rings is 2. The highest BCUT2D eigenvalue weighted by atomic mass is 16.5. The summed E-state index contributed by atoms with van der Waals surface area (Å²) < 4.78 is 5.72. The number of carboxylic acid groups (broad SMARTS) is 1. The van der Waals surface area contributed by atoms with Gasteiger partial charge in [-0.05, 0) is 61.1 Å². The van der Waals surface area contributed by atoms with E-state index in [9.17, 15) is 4.79 Å². The Morgan fingerprint density at radius 1 is 1.08 bits per heavy atom. The van der Waals surface area contributed by atoms with Crippen molar-refractivity contribution in [3.8, 4) is 22.9 Å². The Kier molecular flexibility index (Phi) is 7.03. The summed E-state index contributed by atoms with van der Waals surface area (Å²) in [6.07, 6.45) is 3.08. The van der Waals surface area contributed by atoms with E-state index in [4.69, 9.17) is 15.1 Å². The number of hydrogen-bond acceptors (Lipinski definition) is 3. The summed E-state index contributed by atoms with van der Waals surface area (Å²) in [6.45, 7) is 2.50. The molecule has 0 aromatic heterocycles. The fraction of sp³-hybridized carbons (Fsp3) is 0.333. The number of unbranched alkanes of at least 4 members (excludes halogenated alkanes) is 1. The largest absolute Gasteiger partial charge is 0.494 e. The van der Waals surface area contributed by atoms with Gasteiger partial charge in [0.2, 0.25) is 0 Å². The van der Waals surface area contributed by atoms with Gasteiger partial charge < -0.3 is 9.84 Å². The lowest BCUT2D eigenvalue weighted by Gasteiger charge is -2.10. The van der Waals surface area contributed by atoms with Crippen LogP contribution < -0.4 is 4.74 Å². The molecule has 0 heterocycles. The molecule has 2 aromatic carbocycles. The van der Waals surface area contributed by atoms with Crippen molar-refractivity contribution in [3.63, 3.8) is 0 Å². The highest BCUT2D eigenvalue weighted by Crippen LogP contribution is 2.23. The second-order valence-corrected chi connectivity index (χ2v) is 6.00. The van der Waals surface area contributed by atoms with Crippen LogP contribution in [-0.2, 0) is 4.79 Å². The normalized spacial score (nSPS) is 11.5. The first-order chi connectivity index (χ1) is 12.1. The summed E-state index contributed by atoms with van der Waals surface area (Å²) in [5.74, 6) is -0.142. The first-order valence-electron chi connectivity index (χ1n) is 8.60. The number of nitriles is 1. The van der Waals surface area contributed by atoms with Crippen LogP contribution in [0.1, 0.15) is 38.2 Å². The molecule has 1 unspecified atom stereocenters. The van der Waals surface area contributed by atoms with Gasteiger partial charge in [0.25, 0.3) is 0 Å². The van der Waals surface area contributed by atoms with Gasteiger partial charge in [-0.15, -0.1) is 0 Å². The Bertz CT molecular complexity index is 714. The van der Waals surface area contributed by atoms with Gasteiger partial charge in [-0.2, -0.15) is 5.26 Å². The van der Waals surface area contributed by atoms with Gasteiger partial charge >= 0.3 is 5.97 Å². The molecule has 0 saturated carbocycles. The molecule has 1 atom stereocenters. The first kappa shape index (κ1) is 18.5. The fourth-order valence-corrected chi connectivity index (χ4v) is 2.67. The number of aliphatic carboxylic acids is 1. The number of carbonyl (C=O) groups is 1. The Morgan fingerprint density at radius 2 is 1.68 bits per heavy atom. The van der Waals surface area contributed by atoms with Crippen molar-refractivity contribution < 1.29 is 14.6 Å². The van der Waals surface area contributed by atoms with Gasteiger partial charge in [0.1, 0.15) is 5.75 Å². The van der Waals surface area contributed by atoms with Crippen LogP contribution in [0.2, 0.25) is 0 Å². The molecule has 0 bridgehead atoms. The molecule has 0 aliphatic carbocycles. The van der Waals surface area contributed by atoms with Crippen molar-refractivity contribution in [2.45, 2.75) is 32.6 Å². The zero-order valence-electron chi connectivity index (χ0n) is 14.4. The van der Waals surface area contributed by atoms with Crippen LogP contribution in [0.5, 0.6) is 5.75 Å². The molecule has 1 N–H and O–H groups in total. The van der Waals surface area contributed by atoms with Gasteiger partial charge in [0, 0.05) is 0 Å². The molecule has 2 rings (SSSR count). The molecule has 0 amide bonds. The van der Waals surface area contributed by atoms with E-state index in [0.717, 1.165) is 29.7 Å². The Hall–Kier alpha value is -2.80. The number of ether oxygens (including phenoxy) is 1. The Morgan fingerprint density at radius 3 is 2.20 bits per heavy atom. The van der Waals surface area contributed by atoms with E-state index in [0.29, 0.717) is 25.0 Å². The summed E-state index contributed by atoms with van der Waals surface area (Å²) in [6, 6.07) is 17.4. The second kappa shape index (κ2) is 9.48. The van der Waals surface area contributed by atoms with E-state index in [2.05, 4.69) is 6.07 Å². The van der Waals surface area contributed by atoms with Gasteiger partial charge in [-0.25, -0.2) is 0 Å². The lowest BCUT2D eigenvalue weighted by Crippen LogP contribution is -2.12. The first-order valence-corrected chi connectivity index (χ1v) is 8.60. The SMILES string of the molecule is CCC(CCCCOc1ccc(-c2ccc(C#N)cc2)cc1)C(=O)O. The molecule has 0 aliphatic heterocycles. The number of rotatable bonds is 9. The lowest BCUT2D eigenvalue weighted by molar-refractivity contribution is -0.142. The minimum atomic E-state index is -0.707. The van der Waals surface area contributed by atoms with Crippen molar-refractivity contribution in [1.82, 2.24) is 0 Å². The van der Waals surface area contributed by atoms with Crippen LogP contribution in [0.25, 0.3) is 11.1 Å². The van der Waals surface area contributed by atoms with Crippen LogP contribution >= 0.6 is 0 Å². The summed E-state index contributed by atoms with van der Waals surface area (Å²) in [4.78, 5) is 11.0. The third-order valence-electron chi connectivity index (χ3n) is 4.26. The topological polar surface area (TPSA) is 70.3 Å². The highest BCUT2D eigenvalue weighted by molar-refractivity contribution is 5.69. The van der Waals surface area contributed by atoms with Crippen LogP contribution in [0.4, 0.5) is 0 Å². The van der Waals surface area contributed by atoms with Crippen LogP contribution in [-0.4, -0.2) is 17.7 Å². The molecule has 0 spiro atoms. The summed E-state index contributed by atoms with van der Waals surface area (Å²) >= 11 is 0. The molecule has 130 valence electrons. The van der Waals surface area contributed by atoms with Crippen molar-refractivity contribution in [1.29, 1.82) is 5.26 Å². The van der Waals surface area contributed by atoms with Crippen LogP contribution in [0.15, 0.2) is 48.5 Å². The van der Waals surface area contributed by atoms with E-state index in [1.807, 2.05) is 43.3 Å². The number of carboxylic acids is 1. The zero-order chi connectivity index (χ0) is 18.1. The maximum Gasteiger partial charge on any atom is 0.306 e. The molecule has 0 saturated heterocycles. The molecule has 0 radical (unpaired) electrons. The quantitative estimate of drug-likeness (QED) is 0.662.